The van der Waals surface area contributed by atoms with E-state index in [1.807, 2.05) is 29.6 Å². The number of carbonyl (C=O) groups excluding carboxylic acids is 2. The van der Waals surface area contributed by atoms with Crippen molar-refractivity contribution in [1.29, 1.82) is 0 Å². The lowest BCUT2D eigenvalue weighted by Crippen LogP contribution is -2.43. The third-order valence-corrected chi connectivity index (χ3v) is 6.14. The molecule has 0 radical (unpaired) electrons. The number of likely N-dealkylation sites (tertiary alicyclic amines) is 1. The van der Waals surface area contributed by atoms with Crippen molar-refractivity contribution >= 4 is 28.3 Å². The number of nitrogens with zero attached hydrogens (tertiary/aromatic N) is 2. The van der Waals surface area contributed by atoms with Crippen molar-refractivity contribution in [2.24, 2.45) is 5.92 Å². The average molecular weight is 400 g/mol. The zero-order chi connectivity index (χ0) is 19.3. The lowest BCUT2D eigenvalue weighted by atomic mass is 9.96. The predicted octanol–water partition coefficient (Wildman–Crippen LogP) is 3.96. The van der Waals surface area contributed by atoms with Gasteiger partial charge in [-0.25, -0.2) is 4.98 Å². The summed E-state index contributed by atoms with van der Waals surface area (Å²) in [7, 11) is 0. The number of amides is 2. The van der Waals surface area contributed by atoms with E-state index >= 15 is 0 Å². The van der Waals surface area contributed by atoms with Gasteiger partial charge >= 0.3 is 0 Å². The molecule has 4 rings (SSSR count). The Balaban J connectivity index is 1.35. The molecule has 7 heteroatoms. The molecule has 1 aromatic heterocycles. The summed E-state index contributed by atoms with van der Waals surface area (Å²) >= 11 is 1.40. The van der Waals surface area contributed by atoms with Crippen molar-refractivity contribution in [3.63, 3.8) is 0 Å². The quantitative estimate of drug-likeness (QED) is 0.826. The molecule has 0 spiro atoms. The number of nitrogens with one attached hydrogen (secondary N) is 1. The minimum atomic E-state index is -0.202. The van der Waals surface area contributed by atoms with Crippen LogP contribution in [0.4, 0.5) is 5.13 Å². The SMILES string of the molecule is O=C(Nc1nccs1)C1CCCN(C(=O)c2ccc(OC3CCCC3)cc2)C1. The molecular weight excluding hydrogens is 374 g/mol. The van der Waals surface area contributed by atoms with E-state index in [9.17, 15) is 9.59 Å². The van der Waals surface area contributed by atoms with Gasteiger partial charge in [0, 0.05) is 30.2 Å². The van der Waals surface area contributed by atoms with Crippen LogP contribution in [-0.2, 0) is 4.79 Å². The van der Waals surface area contributed by atoms with E-state index in [1.54, 1.807) is 11.1 Å². The van der Waals surface area contributed by atoms with Crippen LogP contribution in [0.1, 0.15) is 48.9 Å². The van der Waals surface area contributed by atoms with E-state index in [0.717, 1.165) is 31.4 Å². The third-order valence-electron chi connectivity index (χ3n) is 5.45. The fourth-order valence-corrected chi connectivity index (χ4v) is 4.46. The fraction of sp³-hybridized carbons (Fsp3) is 0.476. The number of ether oxygens (including phenoxy) is 1. The molecule has 1 saturated heterocycles. The fourth-order valence-electron chi connectivity index (χ4n) is 3.93. The van der Waals surface area contributed by atoms with E-state index in [-0.39, 0.29) is 17.7 Å². The number of aromatic nitrogens is 1. The highest BCUT2D eigenvalue weighted by Gasteiger charge is 2.29. The van der Waals surface area contributed by atoms with Crippen molar-refractivity contribution in [3.05, 3.63) is 41.4 Å². The first-order chi connectivity index (χ1) is 13.7. The minimum absolute atomic E-state index is 0.0286. The van der Waals surface area contributed by atoms with Gasteiger partial charge in [-0.15, -0.1) is 11.3 Å². The summed E-state index contributed by atoms with van der Waals surface area (Å²) < 4.78 is 5.97. The number of thiazole rings is 1. The molecule has 148 valence electrons. The first-order valence-electron chi connectivity index (χ1n) is 9.95. The van der Waals surface area contributed by atoms with Crippen molar-refractivity contribution in [3.8, 4) is 5.75 Å². The molecule has 2 heterocycles. The minimum Gasteiger partial charge on any atom is -0.490 e. The number of hydrogen-bond donors (Lipinski definition) is 1. The summed E-state index contributed by atoms with van der Waals surface area (Å²) in [6, 6.07) is 7.40. The molecule has 2 fully saturated rings. The molecule has 2 aromatic rings. The lowest BCUT2D eigenvalue weighted by molar-refractivity contribution is -0.121. The monoisotopic (exact) mass is 399 g/mol. The standard InChI is InChI=1S/C21H25N3O3S/c25-19(23-21-22-11-13-28-21)16-4-3-12-24(14-16)20(26)15-7-9-18(10-8-15)27-17-5-1-2-6-17/h7-11,13,16-17H,1-6,12,14H2,(H,22,23,25). The van der Waals surface area contributed by atoms with Crippen LogP contribution in [0.15, 0.2) is 35.8 Å². The Labute approximate surface area is 168 Å². The predicted molar refractivity (Wildman–Crippen MR) is 109 cm³/mol. The van der Waals surface area contributed by atoms with Crippen LogP contribution in [0.5, 0.6) is 5.75 Å². The summed E-state index contributed by atoms with van der Waals surface area (Å²) in [5.41, 5.74) is 0.639. The molecule has 2 aliphatic rings. The Morgan fingerprint density at radius 2 is 1.89 bits per heavy atom. The van der Waals surface area contributed by atoms with Gasteiger partial charge in [-0.2, -0.15) is 0 Å². The maximum absolute atomic E-state index is 12.9. The number of carbonyl (C=O) groups is 2. The van der Waals surface area contributed by atoms with Crippen LogP contribution in [0.3, 0.4) is 0 Å². The second-order valence-electron chi connectivity index (χ2n) is 7.47. The molecule has 28 heavy (non-hydrogen) atoms. The molecule has 1 aliphatic carbocycles. The molecule has 1 aromatic carbocycles. The van der Waals surface area contributed by atoms with E-state index in [4.69, 9.17) is 4.74 Å². The van der Waals surface area contributed by atoms with E-state index in [2.05, 4.69) is 10.3 Å². The molecular formula is C21H25N3O3S. The van der Waals surface area contributed by atoms with Crippen LogP contribution in [0.25, 0.3) is 0 Å². The normalized spacial score (nSPS) is 20.1. The van der Waals surface area contributed by atoms with E-state index < -0.39 is 0 Å². The van der Waals surface area contributed by atoms with Gasteiger partial charge in [0.1, 0.15) is 5.75 Å². The lowest BCUT2D eigenvalue weighted by Gasteiger charge is -2.32. The highest BCUT2D eigenvalue weighted by Crippen LogP contribution is 2.25. The largest absolute Gasteiger partial charge is 0.490 e. The molecule has 1 N–H and O–H groups in total. The van der Waals surface area contributed by atoms with Crippen molar-refractivity contribution in [2.45, 2.75) is 44.6 Å². The van der Waals surface area contributed by atoms with Gasteiger partial charge in [0.25, 0.3) is 5.91 Å². The first kappa shape index (κ1) is 18.9. The zero-order valence-corrected chi connectivity index (χ0v) is 16.6. The summed E-state index contributed by atoms with van der Waals surface area (Å²) in [4.78, 5) is 31.2. The van der Waals surface area contributed by atoms with Crippen LogP contribution >= 0.6 is 11.3 Å². The second kappa shape index (κ2) is 8.73. The number of hydrogen-bond acceptors (Lipinski definition) is 5. The number of benzene rings is 1. The Bertz CT molecular complexity index is 801. The van der Waals surface area contributed by atoms with Gasteiger partial charge in [0.2, 0.25) is 5.91 Å². The molecule has 2 amide bonds. The van der Waals surface area contributed by atoms with Gasteiger partial charge in [0.05, 0.1) is 12.0 Å². The summed E-state index contributed by atoms with van der Waals surface area (Å²) in [6.45, 7) is 1.12. The molecule has 6 nitrogen and oxygen atoms in total. The van der Waals surface area contributed by atoms with Crippen molar-refractivity contribution < 1.29 is 14.3 Å². The molecule has 1 atom stereocenters. The van der Waals surface area contributed by atoms with Crippen LogP contribution in [-0.4, -0.2) is 40.9 Å². The Hall–Kier alpha value is -2.41. The van der Waals surface area contributed by atoms with Gasteiger partial charge in [-0.3, -0.25) is 9.59 Å². The Morgan fingerprint density at radius 3 is 2.61 bits per heavy atom. The number of anilines is 1. The summed E-state index contributed by atoms with van der Waals surface area (Å²) in [5.74, 6) is 0.529. The van der Waals surface area contributed by atoms with Gasteiger partial charge in [-0.1, -0.05) is 0 Å². The second-order valence-corrected chi connectivity index (χ2v) is 8.36. The third kappa shape index (κ3) is 4.52. The highest BCUT2D eigenvalue weighted by molar-refractivity contribution is 7.13. The smallest absolute Gasteiger partial charge is 0.253 e. The Morgan fingerprint density at radius 1 is 1.11 bits per heavy atom. The van der Waals surface area contributed by atoms with Crippen molar-refractivity contribution in [2.75, 3.05) is 18.4 Å². The molecule has 1 unspecified atom stereocenters. The van der Waals surface area contributed by atoms with Crippen LogP contribution in [0.2, 0.25) is 0 Å². The van der Waals surface area contributed by atoms with Crippen LogP contribution < -0.4 is 10.1 Å². The highest BCUT2D eigenvalue weighted by atomic mass is 32.1. The Kier molecular flexibility index (Phi) is 5.90. The van der Waals surface area contributed by atoms with Gasteiger partial charge in [0.15, 0.2) is 5.13 Å². The maximum atomic E-state index is 12.9. The zero-order valence-electron chi connectivity index (χ0n) is 15.8. The van der Waals surface area contributed by atoms with Gasteiger partial charge < -0.3 is 15.0 Å². The maximum Gasteiger partial charge on any atom is 0.253 e. The molecule has 1 saturated carbocycles. The van der Waals surface area contributed by atoms with Crippen LogP contribution in [0, 0.1) is 5.92 Å². The summed E-state index contributed by atoms with van der Waals surface area (Å²) in [6.07, 6.45) is 8.26. The number of piperidine rings is 1. The van der Waals surface area contributed by atoms with Crippen molar-refractivity contribution in [1.82, 2.24) is 9.88 Å². The first-order valence-corrected chi connectivity index (χ1v) is 10.8. The number of rotatable bonds is 5. The molecule has 0 bridgehead atoms. The topological polar surface area (TPSA) is 71.5 Å². The average Bonchev–Trinajstić information content (AvgIpc) is 3.42. The van der Waals surface area contributed by atoms with E-state index in [1.165, 1.54) is 24.2 Å². The van der Waals surface area contributed by atoms with Gasteiger partial charge in [-0.05, 0) is 62.8 Å². The summed E-state index contributed by atoms with van der Waals surface area (Å²) in [5, 5.41) is 5.28. The van der Waals surface area contributed by atoms with E-state index in [0.29, 0.717) is 29.9 Å². The molecule has 1 aliphatic heterocycles.